The Morgan fingerprint density at radius 2 is 1.74 bits per heavy atom. The number of hydrogen-bond donors (Lipinski definition) is 1. The van der Waals surface area contributed by atoms with Gasteiger partial charge in [0.1, 0.15) is 0 Å². The Kier molecular flexibility index (Phi) is 9.43. The molecule has 0 aromatic heterocycles. The Labute approximate surface area is 118 Å². The van der Waals surface area contributed by atoms with Crippen LogP contribution in [0.1, 0.15) is 40.0 Å². The van der Waals surface area contributed by atoms with E-state index in [9.17, 15) is 0 Å². The highest BCUT2D eigenvalue weighted by molar-refractivity contribution is 4.70. The topological polar surface area (TPSA) is 33.7 Å². The number of nitrogens with one attached hydrogen (secondary N) is 1. The highest BCUT2D eigenvalue weighted by Gasteiger charge is 2.14. The van der Waals surface area contributed by atoms with Crippen molar-refractivity contribution < 1.29 is 9.47 Å². The predicted octanol–water partition coefficient (Wildman–Crippen LogP) is 2.10. The lowest BCUT2D eigenvalue weighted by Crippen LogP contribution is -2.33. The first-order valence-electron chi connectivity index (χ1n) is 7.92. The second-order valence-corrected chi connectivity index (χ2v) is 5.45. The zero-order valence-electron chi connectivity index (χ0n) is 13.0. The molecule has 0 saturated carbocycles. The quantitative estimate of drug-likeness (QED) is 0.461. The Balaban J connectivity index is 2.01. The maximum atomic E-state index is 5.53. The second kappa shape index (κ2) is 10.6. The van der Waals surface area contributed by atoms with Crippen LogP contribution in [0.25, 0.3) is 0 Å². The Morgan fingerprint density at radius 1 is 1.11 bits per heavy atom. The standard InChI is InChI=1S/C15H32N2O2/c1-4-18-15(19-5-2)8-9-16-12-14(3)13-17-10-6-7-11-17/h14-16H,4-13H2,1-3H3. The minimum absolute atomic E-state index is 0.0450. The van der Waals surface area contributed by atoms with E-state index in [0.29, 0.717) is 0 Å². The smallest absolute Gasteiger partial charge is 0.158 e. The molecule has 1 saturated heterocycles. The molecule has 0 spiro atoms. The SMILES string of the molecule is CCOC(CCNCC(C)CN1CCCC1)OCC. The van der Waals surface area contributed by atoms with Crippen LogP contribution < -0.4 is 5.32 Å². The van der Waals surface area contributed by atoms with Crippen LogP contribution in [0, 0.1) is 5.92 Å². The zero-order chi connectivity index (χ0) is 13.9. The summed E-state index contributed by atoms with van der Waals surface area (Å²) in [4.78, 5) is 2.58. The normalized spacial score (nSPS) is 18.3. The fourth-order valence-corrected chi connectivity index (χ4v) is 2.63. The number of ether oxygens (including phenoxy) is 2. The van der Waals surface area contributed by atoms with E-state index in [4.69, 9.17) is 9.47 Å². The van der Waals surface area contributed by atoms with Gasteiger partial charge >= 0.3 is 0 Å². The van der Waals surface area contributed by atoms with Crippen LogP contribution in [0.5, 0.6) is 0 Å². The molecule has 4 nitrogen and oxygen atoms in total. The second-order valence-electron chi connectivity index (χ2n) is 5.45. The first-order valence-corrected chi connectivity index (χ1v) is 7.92. The van der Waals surface area contributed by atoms with Crippen LogP contribution in [0.15, 0.2) is 0 Å². The largest absolute Gasteiger partial charge is 0.353 e. The van der Waals surface area contributed by atoms with E-state index in [1.807, 2.05) is 13.8 Å². The van der Waals surface area contributed by atoms with Gasteiger partial charge in [-0.25, -0.2) is 0 Å². The van der Waals surface area contributed by atoms with Crippen molar-refractivity contribution >= 4 is 0 Å². The van der Waals surface area contributed by atoms with Crippen molar-refractivity contribution in [1.29, 1.82) is 0 Å². The van der Waals surface area contributed by atoms with Gasteiger partial charge in [0.05, 0.1) is 0 Å². The average molecular weight is 272 g/mol. The van der Waals surface area contributed by atoms with E-state index in [1.54, 1.807) is 0 Å². The van der Waals surface area contributed by atoms with Crippen molar-refractivity contribution in [3.05, 3.63) is 0 Å². The first-order chi connectivity index (χ1) is 9.26. The summed E-state index contributed by atoms with van der Waals surface area (Å²) in [5.41, 5.74) is 0. The van der Waals surface area contributed by atoms with Crippen LogP contribution in [-0.4, -0.2) is 57.1 Å². The van der Waals surface area contributed by atoms with Gasteiger partial charge in [-0.15, -0.1) is 0 Å². The van der Waals surface area contributed by atoms with Crippen molar-refractivity contribution in [2.45, 2.75) is 46.3 Å². The molecule has 1 aliphatic rings. The third-order valence-corrected chi connectivity index (χ3v) is 3.52. The average Bonchev–Trinajstić information content (AvgIpc) is 2.88. The van der Waals surface area contributed by atoms with E-state index in [2.05, 4.69) is 17.1 Å². The van der Waals surface area contributed by atoms with E-state index in [1.165, 1.54) is 32.5 Å². The fraction of sp³-hybridized carbons (Fsp3) is 1.00. The minimum atomic E-state index is -0.0450. The summed E-state index contributed by atoms with van der Waals surface area (Å²) in [5.74, 6) is 0.718. The van der Waals surface area contributed by atoms with Crippen LogP contribution in [0.3, 0.4) is 0 Å². The van der Waals surface area contributed by atoms with Gasteiger partial charge in [0.25, 0.3) is 0 Å². The minimum Gasteiger partial charge on any atom is -0.353 e. The maximum absolute atomic E-state index is 5.53. The van der Waals surface area contributed by atoms with Gasteiger partial charge < -0.3 is 19.7 Å². The van der Waals surface area contributed by atoms with Crippen molar-refractivity contribution in [2.75, 3.05) is 45.9 Å². The van der Waals surface area contributed by atoms with E-state index < -0.39 is 0 Å². The number of rotatable bonds is 11. The molecule has 0 aromatic rings. The monoisotopic (exact) mass is 272 g/mol. The fourth-order valence-electron chi connectivity index (χ4n) is 2.63. The Bertz CT molecular complexity index is 202. The van der Waals surface area contributed by atoms with Crippen LogP contribution in [0.2, 0.25) is 0 Å². The molecular weight excluding hydrogens is 240 g/mol. The Hall–Kier alpha value is -0.160. The molecule has 1 heterocycles. The van der Waals surface area contributed by atoms with Crippen LogP contribution in [-0.2, 0) is 9.47 Å². The van der Waals surface area contributed by atoms with Gasteiger partial charge in [-0.05, 0) is 58.8 Å². The van der Waals surface area contributed by atoms with Gasteiger partial charge in [0.2, 0.25) is 0 Å². The molecule has 1 atom stereocenters. The number of nitrogens with zero attached hydrogens (tertiary/aromatic N) is 1. The summed E-state index contributed by atoms with van der Waals surface area (Å²) < 4.78 is 11.1. The zero-order valence-corrected chi connectivity index (χ0v) is 13.0. The molecule has 1 N–H and O–H groups in total. The molecule has 4 heteroatoms. The molecule has 1 rings (SSSR count). The van der Waals surface area contributed by atoms with Crippen molar-refractivity contribution in [3.8, 4) is 0 Å². The lowest BCUT2D eigenvalue weighted by molar-refractivity contribution is -0.138. The summed E-state index contributed by atoms with van der Waals surface area (Å²) in [6.45, 7) is 13.7. The van der Waals surface area contributed by atoms with Gasteiger partial charge in [-0.1, -0.05) is 6.92 Å². The molecule has 1 unspecified atom stereocenters. The summed E-state index contributed by atoms with van der Waals surface area (Å²) in [5, 5.41) is 3.52. The van der Waals surface area contributed by atoms with Crippen molar-refractivity contribution in [1.82, 2.24) is 10.2 Å². The van der Waals surface area contributed by atoms with Crippen LogP contribution in [0.4, 0.5) is 0 Å². The molecule has 0 aliphatic carbocycles. The molecule has 0 bridgehead atoms. The molecular formula is C15H32N2O2. The molecule has 114 valence electrons. The Morgan fingerprint density at radius 3 is 2.32 bits per heavy atom. The maximum Gasteiger partial charge on any atom is 0.158 e. The summed E-state index contributed by atoms with van der Waals surface area (Å²) in [7, 11) is 0. The first kappa shape index (κ1) is 16.9. The van der Waals surface area contributed by atoms with Gasteiger partial charge in [-0.2, -0.15) is 0 Å². The number of hydrogen-bond acceptors (Lipinski definition) is 4. The van der Waals surface area contributed by atoms with Gasteiger partial charge in [0, 0.05) is 26.2 Å². The molecule has 0 amide bonds. The lowest BCUT2D eigenvalue weighted by Gasteiger charge is -2.21. The summed E-state index contributed by atoms with van der Waals surface area (Å²) in [6.07, 6.45) is 3.64. The van der Waals surface area contributed by atoms with Gasteiger partial charge in [-0.3, -0.25) is 0 Å². The molecule has 1 aliphatic heterocycles. The predicted molar refractivity (Wildman–Crippen MR) is 79.4 cm³/mol. The highest BCUT2D eigenvalue weighted by Crippen LogP contribution is 2.09. The summed E-state index contributed by atoms with van der Waals surface area (Å²) >= 11 is 0. The third-order valence-electron chi connectivity index (χ3n) is 3.52. The van der Waals surface area contributed by atoms with Crippen LogP contribution >= 0.6 is 0 Å². The lowest BCUT2D eigenvalue weighted by atomic mass is 10.1. The van der Waals surface area contributed by atoms with Crippen molar-refractivity contribution in [3.63, 3.8) is 0 Å². The van der Waals surface area contributed by atoms with Gasteiger partial charge in [0.15, 0.2) is 6.29 Å². The third kappa shape index (κ3) is 7.88. The van der Waals surface area contributed by atoms with E-state index in [0.717, 1.165) is 38.6 Å². The molecule has 1 fully saturated rings. The molecule has 19 heavy (non-hydrogen) atoms. The highest BCUT2D eigenvalue weighted by atomic mass is 16.7. The van der Waals surface area contributed by atoms with Crippen molar-refractivity contribution in [2.24, 2.45) is 5.92 Å². The molecule has 0 radical (unpaired) electrons. The number of likely N-dealkylation sites (tertiary alicyclic amines) is 1. The van der Waals surface area contributed by atoms with E-state index >= 15 is 0 Å². The molecule has 0 aromatic carbocycles. The summed E-state index contributed by atoms with van der Waals surface area (Å²) in [6, 6.07) is 0. The van der Waals surface area contributed by atoms with E-state index in [-0.39, 0.29) is 6.29 Å².